The van der Waals surface area contributed by atoms with Crippen molar-refractivity contribution in [3.63, 3.8) is 0 Å². The fourth-order valence-corrected chi connectivity index (χ4v) is 3.06. The van der Waals surface area contributed by atoms with Crippen LogP contribution in [0.3, 0.4) is 0 Å². The molecule has 6 nitrogen and oxygen atoms in total. The van der Waals surface area contributed by atoms with Gasteiger partial charge in [-0.1, -0.05) is 13.8 Å². The average Bonchev–Trinajstić information content (AvgIpc) is 2.55. The standard InChI is InChI=1S/C17H27N3O3/c1-13(2)10-19-6-7-20(11-15(19)4-8-21)17(23)16-9-14(12-22)3-5-18-16/h3,5,9,13,15,21-22H,4,6-8,10-12H2,1-2H3. The maximum Gasteiger partial charge on any atom is 0.272 e. The number of aromatic nitrogens is 1. The largest absolute Gasteiger partial charge is 0.396 e. The van der Waals surface area contributed by atoms with E-state index in [1.54, 1.807) is 23.2 Å². The summed E-state index contributed by atoms with van der Waals surface area (Å²) >= 11 is 0. The van der Waals surface area contributed by atoms with E-state index in [0.717, 1.165) is 13.1 Å². The van der Waals surface area contributed by atoms with Gasteiger partial charge >= 0.3 is 0 Å². The van der Waals surface area contributed by atoms with Crippen molar-refractivity contribution in [2.75, 3.05) is 32.8 Å². The molecule has 0 radical (unpaired) electrons. The van der Waals surface area contributed by atoms with Crippen LogP contribution in [0.4, 0.5) is 0 Å². The number of pyridine rings is 1. The van der Waals surface area contributed by atoms with E-state index in [4.69, 9.17) is 0 Å². The van der Waals surface area contributed by atoms with Crippen LogP contribution in [0.5, 0.6) is 0 Å². The SMILES string of the molecule is CC(C)CN1CCN(C(=O)c2cc(CO)ccn2)CC1CCO. The van der Waals surface area contributed by atoms with Crippen LogP contribution in [-0.2, 0) is 6.61 Å². The van der Waals surface area contributed by atoms with Crippen molar-refractivity contribution in [3.05, 3.63) is 29.6 Å². The number of rotatable bonds is 6. The van der Waals surface area contributed by atoms with Gasteiger partial charge in [0.2, 0.25) is 0 Å². The molecule has 1 unspecified atom stereocenters. The Kier molecular flexibility index (Phi) is 6.50. The van der Waals surface area contributed by atoms with E-state index in [1.807, 2.05) is 0 Å². The molecule has 1 atom stereocenters. The highest BCUT2D eigenvalue weighted by molar-refractivity contribution is 5.92. The Morgan fingerprint density at radius 2 is 2.17 bits per heavy atom. The fraction of sp³-hybridized carbons (Fsp3) is 0.647. The van der Waals surface area contributed by atoms with Gasteiger partial charge in [-0.15, -0.1) is 0 Å². The van der Waals surface area contributed by atoms with E-state index in [-0.39, 0.29) is 25.2 Å². The molecule has 1 amide bonds. The lowest BCUT2D eigenvalue weighted by Gasteiger charge is -2.42. The number of piperazine rings is 1. The minimum absolute atomic E-state index is 0.0991. The second-order valence-electron chi connectivity index (χ2n) is 6.51. The smallest absolute Gasteiger partial charge is 0.272 e. The highest BCUT2D eigenvalue weighted by atomic mass is 16.3. The first-order valence-corrected chi connectivity index (χ1v) is 8.25. The number of hydrogen-bond acceptors (Lipinski definition) is 5. The van der Waals surface area contributed by atoms with E-state index >= 15 is 0 Å². The van der Waals surface area contributed by atoms with Crippen molar-refractivity contribution in [2.24, 2.45) is 5.92 Å². The lowest BCUT2D eigenvalue weighted by molar-refractivity contribution is 0.0380. The number of aliphatic hydroxyl groups is 2. The van der Waals surface area contributed by atoms with Gasteiger partial charge in [0, 0.05) is 45.0 Å². The molecule has 23 heavy (non-hydrogen) atoms. The quantitative estimate of drug-likeness (QED) is 0.808. The number of amides is 1. The summed E-state index contributed by atoms with van der Waals surface area (Å²) in [5, 5.41) is 18.5. The Labute approximate surface area is 137 Å². The molecule has 128 valence electrons. The number of aliphatic hydroxyl groups excluding tert-OH is 2. The lowest BCUT2D eigenvalue weighted by Crippen LogP contribution is -2.55. The molecule has 6 heteroatoms. The minimum Gasteiger partial charge on any atom is -0.396 e. The van der Waals surface area contributed by atoms with Gasteiger partial charge in [-0.05, 0) is 30.0 Å². The van der Waals surface area contributed by atoms with E-state index in [2.05, 4.69) is 23.7 Å². The maximum absolute atomic E-state index is 12.6. The lowest BCUT2D eigenvalue weighted by atomic mass is 10.1. The van der Waals surface area contributed by atoms with Gasteiger partial charge in [0.15, 0.2) is 0 Å². The molecule has 0 saturated carbocycles. The molecule has 2 N–H and O–H groups in total. The molecule has 0 aromatic carbocycles. The van der Waals surface area contributed by atoms with Gasteiger partial charge < -0.3 is 15.1 Å². The zero-order valence-electron chi connectivity index (χ0n) is 14.0. The van der Waals surface area contributed by atoms with E-state index in [1.165, 1.54) is 0 Å². The Morgan fingerprint density at radius 1 is 1.39 bits per heavy atom. The van der Waals surface area contributed by atoms with Crippen molar-refractivity contribution in [3.8, 4) is 0 Å². The Bertz CT molecular complexity index is 522. The molecule has 1 aliphatic heterocycles. The summed E-state index contributed by atoms with van der Waals surface area (Å²) in [5.41, 5.74) is 1.06. The summed E-state index contributed by atoms with van der Waals surface area (Å²) in [6.07, 6.45) is 2.22. The molecule has 1 saturated heterocycles. The highest BCUT2D eigenvalue weighted by Gasteiger charge is 2.30. The van der Waals surface area contributed by atoms with Crippen LogP contribution in [-0.4, -0.2) is 69.7 Å². The van der Waals surface area contributed by atoms with Crippen LogP contribution < -0.4 is 0 Å². The first kappa shape index (κ1) is 17.8. The fourth-order valence-electron chi connectivity index (χ4n) is 3.06. The summed E-state index contributed by atoms with van der Waals surface area (Å²) in [7, 11) is 0. The number of nitrogens with zero attached hydrogens (tertiary/aromatic N) is 3. The molecule has 1 aromatic heterocycles. The molecular formula is C17H27N3O3. The molecule has 1 fully saturated rings. The second-order valence-corrected chi connectivity index (χ2v) is 6.51. The number of carbonyl (C=O) groups excluding carboxylic acids is 1. The Morgan fingerprint density at radius 3 is 2.83 bits per heavy atom. The topological polar surface area (TPSA) is 76.9 Å². The van der Waals surface area contributed by atoms with Crippen LogP contribution in [0.2, 0.25) is 0 Å². The molecule has 0 spiro atoms. The molecule has 2 rings (SSSR count). The third-order valence-electron chi connectivity index (χ3n) is 4.18. The van der Waals surface area contributed by atoms with Gasteiger partial charge in [0.1, 0.15) is 5.69 Å². The minimum atomic E-state index is -0.104. The van der Waals surface area contributed by atoms with Crippen LogP contribution in [0, 0.1) is 5.92 Å². The molecule has 1 aromatic rings. The van der Waals surface area contributed by atoms with Crippen molar-refractivity contribution in [1.29, 1.82) is 0 Å². The normalized spacial score (nSPS) is 19.3. The first-order valence-electron chi connectivity index (χ1n) is 8.25. The van der Waals surface area contributed by atoms with Crippen LogP contribution >= 0.6 is 0 Å². The van der Waals surface area contributed by atoms with Crippen molar-refractivity contribution in [1.82, 2.24) is 14.8 Å². The summed E-state index contributed by atoms with van der Waals surface area (Å²) in [5.74, 6) is 0.453. The first-order chi connectivity index (χ1) is 11.0. The van der Waals surface area contributed by atoms with Gasteiger partial charge in [0.25, 0.3) is 5.91 Å². The summed E-state index contributed by atoms with van der Waals surface area (Å²) in [4.78, 5) is 21.0. The predicted octanol–water partition coefficient (Wildman–Crippen LogP) is 0.739. The molecule has 0 bridgehead atoms. The summed E-state index contributed by atoms with van der Waals surface area (Å²) < 4.78 is 0. The van der Waals surface area contributed by atoms with Gasteiger partial charge in [0.05, 0.1) is 6.61 Å². The van der Waals surface area contributed by atoms with Crippen LogP contribution in [0.1, 0.15) is 36.3 Å². The van der Waals surface area contributed by atoms with Gasteiger partial charge in [-0.3, -0.25) is 14.7 Å². The third-order valence-corrected chi connectivity index (χ3v) is 4.18. The zero-order valence-corrected chi connectivity index (χ0v) is 14.0. The van der Waals surface area contributed by atoms with Crippen molar-refractivity contribution in [2.45, 2.75) is 32.9 Å². The van der Waals surface area contributed by atoms with Gasteiger partial charge in [-0.25, -0.2) is 0 Å². The predicted molar refractivity (Wildman–Crippen MR) is 88.0 cm³/mol. The maximum atomic E-state index is 12.6. The van der Waals surface area contributed by atoms with Crippen LogP contribution in [0.15, 0.2) is 18.3 Å². The Hall–Kier alpha value is -1.50. The molecular weight excluding hydrogens is 294 g/mol. The van der Waals surface area contributed by atoms with E-state index in [0.29, 0.717) is 36.7 Å². The van der Waals surface area contributed by atoms with Gasteiger partial charge in [-0.2, -0.15) is 0 Å². The summed E-state index contributed by atoms with van der Waals surface area (Å²) in [6.45, 7) is 7.45. The highest BCUT2D eigenvalue weighted by Crippen LogP contribution is 2.17. The zero-order chi connectivity index (χ0) is 16.8. The van der Waals surface area contributed by atoms with Crippen LogP contribution in [0.25, 0.3) is 0 Å². The Balaban J connectivity index is 2.07. The molecule has 0 aliphatic carbocycles. The van der Waals surface area contributed by atoms with E-state index in [9.17, 15) is 15.0 Å². The second kappa shape index (κ2) is 8.38. The van der Waals surface area contributed by atoms with Crippen molar-refractivity contribution >= 4 is 5.91 Å². The number of hydrogen-bond donors (Lipinski definition) is 2. The molecule has 1 aliphatic rings. The monoisotopic (exact) mass is 321 g/mol. The third kappa shape index (κ3) is 4.73. The van der Waals surface area contributed by atoms with Crippen molar-refractivity contribution < 1.29 is 15.0 Å². The average molecular weight is 321 g/mol. The molecule has 2 heterocycles. The number of carbonyl (C=O) groups is 1. The summed E-state index contributed by atoms with van der Waals surface area (Å²) in [6, 6.07) is 3.52. The van der Waals surface area contributed by atoms with E-state index < -0.39 is 0 Å².